The molecule has 4 rings (SSSR count). The minimum absolute atomic E-state index is 0.0155. The van der Waals surface area contributed by atoms with Crippen LogP contribution in [0, 0.1) is 0 Å². The average Bonchev–Trinajstić information content (AvgIpc) is 3.16. The van der Waals surface area contributed by atoms with Crippen molar-refractivity contribution >= 4 is 27.9 Å². The smallest absolute Gasteiger partial charge is 0.410 e. The third-order valence-electron chi connectivity index (χ3n) is 6.22. The summed E-state index contributed by atoms with van der Waals surface area (Å²) in [7, 11) is 1.48. The molecule has 2 aromatic carbocycles. The summed E-state index contributed by atoms with van der Waals surface area (Å²) in [6.07, 6.45) is 2.18. The largest absolute Gasteiger partial charge is 0.504 e. The number of amides is 2. The lowest BCUT2D eigenvalue weighted by Crippen LogP contribution is -2.50. The molecule has 7 nitrogen and oxygen atoms in total. The predicted molar refractivity (Wildman–Crippen MR) is 123 cm³/mol. The first kappa shape index (κ1) is 22.5. The normalized spacial score (nSPS) is 19.2. The van der Waals surface area contributed by atoms with Crippen LogP contribution in [-0.2, 0) is 22.4 Å². The molecule has 1 atom stereocenters. The van der Waals surface area contributed by atoms with Crippen LogP contribution in [0.4, 0.5) is 4.79 Å². The van der Waals surface area contributed by atoms with Gasteiger partial charge < -0.3 is 19.5 Å². The van der Waals surface area contributed by atoms with E-state index in [1.165, 1.54) is 12.7 Å². The molecule has 0 saturated carbocycles. The van der Waals surface area contributed by atoms with Crippen LogP contribution < -0.4 is 4.74 Å². The summed E-state index contributed by atoms with van der Waals surface area (Å²) in [6, 6.07) is 13.4. The van der Waals surface area contributed by atoms with Crippen LogP contribution in [0.2, 0.25) is 0 Å². The van der Waals surface area contributed by atoms with Crippen LogP contribution in [0.3, 0.4) is 0 Å². The highest BCUT2D eigenvalue weighted by Gasteiger charge is 2.39. The van der Waals surface area contributed by atoms with Gasteiger partial charge in [0.05, 0.1) is 19.6 Å². The lowest BCUT2D eigenvalue weighted by atomic mass is 9.98. The van der Waals surface area contributed by atoms with Crippen molar-refractivity contribution in [1.29, 1.82) is 0 Å². The number of phenols is 1. The summed E-state index contributed by atoms with van der Waals surface area (Å²) >= 11 is 3.41. The molecular formula is C24H27BrN2O5. The maximum atomic E-state index is 12.9. The monoisotopic (exact) mass is 502 g/mol. The number of benzene rings is 2. The van der Waals surface area contributed by atoms with E-state index in [1.807, 2.05) is 28.0 Å². The zero-order chi connectivity index (χ0) is 22.7. The van der Waals surface area contributed by atoms with Gasteiger partial charge in [0.25, 0.3) is 0 Å². The van der Waals surface area contributed by atoms with Crippen LogP contribution in [0.5, 0.6) is 11.5 Å². The maximum Gasteiger partial charge on any atom is 0.410 e. The molecule has 8 heteroatoms. The summed E-state index contributed by atoms with van der Waals surface area (Å²) < 4.78 is 11.2. The number of methoxy groups -OCH3 is 1. The number of cyclic esters (lactones) is 1. The summed E-state index contributed by atoms with van der Waals surface area (Å²) in [5.74, 6) is 0.382. The SMILES string of the molecule is COc1cc(CC(=O)N2CCC(N3C(=O)OCC3Cc3ccccc3)CC2)c(Br)cc1O. The van der Waals surface area contributed by atoms with Crippen LogP contribution in [0.15, 0.2) is 46.9 Å². The van der Waals surface area contributed by atoms with Crippen molar-refractivity contribution in [1.82, 2.24) is 9.80 Å². The molecule has 2 aliphatic heterocycles. The maximum absolute atomic E-state index is 12.9. The number of piperidine rings is 1. The lowest BCUT2D eigenvalue weighted by Gasteiger charge is -2.38. The van der Waals surface area contributed by atoms with Crippen LogP contribution >= 0.6 is 15.9 Å². The number of carbonyl (C=O) groups excluding carboxylic acids is 2. The van der Waals surface area contributed by atoms with Crippen molar-refractivity contribution in [2.24, 2.45) is 0 Å². The Morgan fingerprint density at radius 3 is 2.62 bits per heavy atom. The second-order valence-electron chi connectivity index (χ2n) is 8.23. The summed E-state index contributed by atoms with van der Waals surface area (Å²) in [6.45, 7) is 1.60. The van der Waals surface area contributed by atoms with Gasteiger partial charge in [-0.25, -0.2) is 4.79 Å². The Labute approximate surface area is 196 Å². The molecule has 0 spiro atoms. The number of halogens is 1. The van der Waals surface area contributed by atoms with Crippen molar-refractivity contribution in [3.63, 3.8) is 0 Å². The van der Waals surface area contributed by atoms with Crippen molar-refractivity contribution < 1.29 is 24.2 Å². The molecule has 0 aliphatic carbocycles. The highest BCUT2D eigenvalue weighted by molar-refractivity contribution is 9.10. The van der Waals surface area contributed by atoms with E-state index in [2.05, 4.69) is 28.1 Å². The quantitative estimate of drug-likeness (QED) is 0.650. The van der Waals surface area contributed by atoms with Gasteiger partial charge in [-0.05, 0) is 42.5 Å². The lowest BCUT2D eigenvalue weighted by molar-refractivity contribution is -0.131. The first-order valence-corrected chi connectivity index (χ1v) is 11.6. The van der Waals surface area contributed by atoms with Crippen LogP contribution in [0.25, 0.3) is 0 Å². The third kappa shape index (κ3) is 4.85. The van der Waals surface area contributed by atoms with Gasteiger partial charge in [0.15, 0.2) is 11.5 Å². The van der Waals surface area contributed by atoms with Gasteiger partial charge in [0.1, 0.15) is 6.61 Å². The standard InChI is InChI=1S/C24H27BrN2O5/c1-31-22-12-17(20(25)14-21(22)28)13-23(29)26-9-7-18(8-10-26)27-19(15-32-24(27)30)11-16-5-3-2-4-6-16/h2-6,12,14,18-19,28H,7-11,13,15H2,1H3. The Balaban J connectivity index is 1.36. The molecule has 2 saturated heterocycles. The molecule has 0 bridgehead atoms. The molecule has 170 valence electrons. The van der Waals surface area contributed by atoms with E-state index in [4.69, 9.17) is 9.47 Å². The van der Waals surface area contributed by atoms with Gasteiger partial charge >= 0.3 is 6.09 Å². The van der Waals surface area contributed by atoms with Gasteiger partial charge in [0.2, 0.25) is 5.91 Å². The fourth-order valence-corrected chi connectivity index (χ4v) is 4.99. The second kappa shape index (κ2) is 9.81. The first-order chi connectivity index (χ1) is 15.5. The van der Waals surface area contributed by atoms with Crippen molar-refractivity contribution in [3.05, 3.63) is 58.1 Å². The van der Waals surface area contributed by atoms with E-state index in [0.29, 0.717) is 29.9 Å². The highest BCUT2D eigenvalue weighted by atomic mass is 79.9. The number of rotatable bonds is 6. The number of phenolic OH excluding ortho intramolecular Hbond substituents is 1. The number of likely N-dealkylation sites (tertiary alicyclic amines) is 1. The van der Waals surface area contributed by atoms with E-state index in [0.717, 1.165) is 24.8 Å². The Bertz CT molecular complexity index is 976. The molecule has 2 aromatic rings. The highest BCUT2D eigenvalue weighted by Crippen LogP contribution is 2.33. The van der Waals surface area contributed by atoms with Crippen LogP contribution in [-0.4, -0.2) is 65.8 Å². The minimum Gasteiger partial charge on any atom is -0.504 e. The Morgan fingerprint density at radius 2 is 1.94 bits per heavy atom. The first-order valence-electron chi connectivity index (χ1n) is 10.8. The van der Waals surface area contributed by atoms with Crippen molar-refractivity contribution in [3.8, 4) is 11.5 Å². The summed E-state index contributed by atoms with van der Waals surface area (Å²) in [5.41, 5.74) is 1.95. The molecule has 2 aliphatic rings. The summed E-state index contributed by atoms with van der Waals surface area (Å²) in [4.78, 5) is 29.1. The van der Waals surface area contributed by atoms with Crippen LogP contribution in [0.1, 0.15) is 24.0 Å². The van der Waals surface area contributed by atoms with Gasteiger partial charge in [-0.1, -0.05) is 46.3 Å². The van der Waals surface area contributed by atoms with Gasteiger partial charge in [-0.15, -0.1) is 0 Å². The zero-order valence-corrected chi connectivity index (χ0v) is 19.6. The molecule has 2 fully saturated rings. The van der Waals surface area contributed by atoms with Gasteiger partial charge in [-0.3, -0.25) is 9.69 Å². The van der Waals surface area contributed by atoms with E-state index >= 15 is 0 Å². The van der Waals surface area contributed by atoms with Crippen molar-refractivity contribution in [2.75, 3.05) is 26.8 Å². The number of hydrogen-bond acceptors (Lipinski definition) is 5. The third-order valence-corrected chi connectivity index (χ3v) is 6.96. The van der Waals surface area contributed by atoms with Gasteiger partial charge in [-0.2, -0.15) is 0 Å². The zero-order valence-electron chi connectivity index (χ0n) is 18.0. The van der Waals surface area contributed by atoms with E-state index in [1.54, 1.807) is 12.1 Å². The topological polar surface area (TPSA) is 79.3 Å². The van der Waals surface area contributed by atoms with E-state index in [-0.39, 0.29) is 36.3 Å². The molecule has 1 unspecified atom stereocenters. The number of aromatic hydroxyl groups is 1. The Morgan fingerprint density at radius 1 is 1.22 bits per heavy atom. The number of ether oxygens (including phenoxy) is 2. The molecule has 2 amide bonds. The fourth-order valence-electron chi connectivity index (χ4n) is 4.51. The predicted octanol–water partition coefficient (Wildman–Crippen LogP) is 3.76. The Kier molecular flexibility index (Phi) is 6.89. The molecular weight excluding hydrogens is 476 g/mol. The number of nitrogens with zero attached hydrogens (tertiary/aromatic N) is 2. The van der Waals surface area contributed by atoms with Gasteiger partial charge in [0, 0.05) is 23.6 Å². The fraction of sp³-hybridized carbons (Fsp3) is 0.417. The molecule has 32 heavy (non-hydrogen) atoms. The molecule has 2 heterocycles. The second-order valence-corrected chi connectivity index (χ2v) is 9.09. The summed E-state index contributed by atoms with van der Waals surface area (Å²) in [5, 5.41) is 9.87. The number of carbonyl (C=O) groups is 2. The Hall–Kier alpha value is -2.74. The van der Waals surface area contributed by atoms with Crippen molar-refractivity contribution in [2.45, 2.75) is 37.8 Å². The number of hydrogen-bond donors (Lipinski definition) is 1. The average molecular weight is 503 g/mol. The van der Waals surface area contributed by atoms with E-state index in [9.17, 15) is 14.7 Å². The molecule has 0 aromatic heterocycles. The molecule has 0 radical (unpaired) electrons. The van der Waals surface area contributed by atoms with E-state index < -0.39 is 0 Å². The minimum atomic E-state index is -0.254. The molecule has 1 N–H and O–H groups in total.